The molecule has 1 N–H and O–H groups in total. The molecule has 6 rings (SSSR count). The first-order chi connectivity index (χ1) is 20.0. The topological polar surface area (TPSA) is 88.5 Å². The van der Waals surface area contributed by atoms with Crippen molar-refractivity contribution >= 4 is 33.1 Å². The molecule has 2 aliphatic heterocycles. The van der Waals surface area contributed by atoms with Crippen LogP contribution in [0.2, 0.25) is 0 Å². The SMILES string of the molecule is O=C(c1ccccc1)c1sc2cc(O)ccc2c1Oc1ccc(OC2CN(C/C=C/C(=O)N3CCOCC3)C2)cc1. The average Bonchev–Trinajstić information content (AvgIpc) is 3.34. The summed E-state index contributed by atoms with van der Waals surface area (Å²) in [5.41, 5.74) is 0.575. The highest BCUT2D eigenvalue weighted by atomic mass is 32.1. The van der Waals surface area contributed by atoms with E-state index in [1.165, 1.54) is 11.3 Å². The number of carbonyl (C=O) groups is 2. The Kier molecular flexibility index (Phi) is 8.00. The van der Waals surface area contributed by atoms with Gasteiger partial charge in [0.05, 0.1) is 13.2 Å². The quantitative estimate of drug-likeness (QED) is 0.221. The number of aromatic hydroxyl groups is 1. The number of ether oxygens (including phenoxy) is 3. The fraction of sp³-hybridized carbons (Fsp3) is 0.250. The molecule has 0 aliphatic carbocycles. The van der Waals surface area contributed by atoms with Crippen molar-refractivity contribution in [2.45, 2.75) is 6.10 Å². The normalized spacial score (nSPS) is 16.1. The number of rotatable bonds is 9. The van der Waals surface area contributed by atoms with E-state index in [4.69, 9.17) is 14.2 Å². The lowest BCUT2D eigenvalue weighted by molar-refractivity contribution is -0.130. The van der Waals surface area contributed by atoms with Crippen LogP contribution in [-0.2, 0) is 9.53 Å². The Hall–Kier alpha value is -4.18. The Labute approximate surface area is 242 Å². The van der Waals surface area contributed by atoms with Crippen LogP contribution in [0.5, 0.6) is 23.0 Å². The molecular formula is C32H30N2O6S. The molecule has 2 aliphatic rings. The number of benzene rings is 3. The number of thiophene rings is 1. The molecule has 2 fully saturated rings. The van der Waals surface area contributed by atoms with Crippen molar-refractivity contribution in [1.82, 2.24) is 9.80 Å². The molecule has 4 aromatic rings. The highest BCUT2D eigenvalue weighted by molar-refractivity contribution is 7.21. The minimum absolute atomic E-state index is 0.0362. The molecule has 0 spiro atoms. The fourth-order valence-electron chi connectivity index (χ4n) is 4.87. The van der Waals surface area contributed by atoms with Crippen LogP contribution in [-0.4, -0.2) is 78.6 Å². The maximum absolute atomic E-state index is 13.3. The number of ketones is 1. The van der Waals surface area contributed by atoms with Crippen molar-refractivity contribution in [3.63, 3.8) is 0 Å². The molecule has 41 heavy (non-hydrogen) atoms. The van der Waals surface area contributed by atoms with Crippen LogP contribution in [0.25, 0.3) is 10.1 Å². The Bertz CT molecular complexity index is 1550. The number of nitrogens with zero attached hydrogens (tertiary/aromatic N) is 2. The lowest BCUT2D eigenvalue weighted by atomic mass is 10.1. The summed E-state index contributed by atoms with van der Waals surface area (Å²) in [7, 11) is 0. The summed E-state index contributed by atoms with van der Waals surface area (Å²) in [6, 6.07) is 21.5. The lowest BCUT2D eigenvalue weighted by Crippen LogP contribution is -2.53. The molecule has 0 radical (unpaired) electrons. The van der Waals surface area contributed by atoms with Gasteiger partial charge in [0.15, 0.2) is 5.75 Å². The summed E-state index contributed by atoms with van der Waals surface area (Å²) in [5, 5.41) is 10.7. The van der Waals surface area contributed by atoms with E-state index < -0.39 is 0 Å². The standard InChI is InChI=1S/C32H30N2O6S/c35-23-8-13-27-28(19-23)41-32(30(37)22-5-2-1-3-6-22)31(27)40-25-11-9-24(10-12-25)39-26-20-33(21-26)14-4-7-29(36)34-15-17-38-18-16-34/h1-13,19,26,35H,14-18,20-21H2/b7-4+. The monoisotopic (exact) mass is 570 g/mol. The average molecular weight is 571 g/mol. The molecule has 8 nitrogen and oxygen atoms in total. The van der Waals surface area contributed by atoms with E-state index in [0.717, 1.165) is 28.9 Å². The van der Waals surface area contributed by atoms with Crippen LogP contribution in [0.15, 0.2) is 84.9 Å². The summed E-state index contributed by atoms with van der Waals surface area (Å²) >= 11 is 1.30. The smallest absolute Gasteiger partial charge is 0.246 e. The molecule has 2 saturated heterocycles. The molecule has 1 aromatic heterocycles. The van der Waals surface area contributed by atoms with Gasteiger partial charge in [0.25, 0.3) is 0 Å². The van der Waals surface area contributed by atoms with E-state index in [9.17, 15) is 14.7 Å². The second-order valence-corrected chi connectivity index (χ2v) is 11.1. The Morgan fingerprint density at radius 3 is 2.46 bits per heavy atom. The molecule has 0 unspecified atom stereocenters. The van der Waals surface area contributed by atoms with Crippen molar-refractivity contribution in [1.29, 1.82) is 0 Å². The highest BCUT2D eigenvalue weighted by Crippen LogP contribution is 2.42. The van der Waals surface area contributed by atoms with Crippen LogP contribution in [0.1, 0.15) is 15.2 Å². The van der Waals surface area contributed by atoms with Gasteiger partial charge in [0.1, 0.15) is 28.2 Å². The maximum atomic E-state index is 13.3. The first-order valence-electron chi connectivity index (χ1n) is 13.6. The van der Waals surface area contributed by atoms with Gasteiger partial charge in [0.2, 0.25) is 11.7 Å². The minimum Gasteiger partial charge on any atom is -0.508 e. The van der Waals surface area contributed by atoms with E-state index in [2.05, 4.69) is 4.90 Å². The molecule has 210 valence electrons. The van der Waals surface area contributed by atoms with Gasteiger partial charge in [-0.1, -0.05) is 36.4 Å². The van der Waals surface area contributed by atoms with Gasteiger partial charge in [-0.2, -0.15) is 0 Å². The fourth-order valence-corrected chi connectivity index (χ4v) is 5.99. The Morgan fingerprint density at radius 2 is 1.71 bits per heavy atom. The second-order valence-electron chi connectivity index (χ2n) is 10.0. The molecule has 3 heterocycles. The zero-order chi connectivity index (χ0) is 28.2. The van der Waals surface area contributed by atoms with Crippen LogP contribution >= 0.6 is 11.3 Å². The van der Waals surface area contributed by atoms with Crippen LogP contribution in [0, 0.1) is 0 Å². The van der Waals surface area contributed by atoms with Gasteiger partial charge in [-0.25, -0.2) is 0 Å². The summed E-state index contributed by atoms with van der Waals surface area (Å²) in [6.07, 6.45) is 3.64. The number of hydrogen-bond donors (Lipinski definition) is 1. The van der Waals surface area contributed by atoms with Crippen LogP contribution in [0.3, 0.4) is 0 Å². The van der Waals surface area contributed by atoms with Crippen molar-refractivity contribution in [3.8, 4) is 23.0 Å². The number of hydrogen-bond acceptors (Lipinski definition) is 8. The Morgan fingerprint density at radius 1 is 0.976 bits per heavy atom. The number of carbonyl (C=O) groups excluding carboxylic acids is 2. The third-order valence-electron chi connectivity index (χ3n) is 7.09. The van der Waals surface area contributed by atoms with E-state index in [-0.39, 0.29) is 23.5 Å². The zero-order valence-electron chi connectivity index (χ0n) is 22.4. The van der Waals surface area contributed by atoms with Gasteiger partial charge < -0.3 is 24.2 Å². The molecular weight excluding hydrogens is 540 g/mol. The first kappa shape index (κ1) is 27.0. The van der Waals surface area contributed by atoms with Gasteiger partial charge in [-0.05, 0) is 42.5 Å². The number of phenols is 1. The number of phenolic OH excluding ortho intramolecular Hbond substituents is 1. The van der Waals surface area contributed by atoms with Gasteiger partial charge in [-0.15, -0.1) is 11.3 Å². The van der Waals surface area contributed by atoms with Crippen molar-refractivity contribution in [2.24, 2.45) is 0 Å². The molecule has 3 aromatic carbocycles. The van der Waals surface area contributed by atoms with E-state index >= 15 is 0 Å². The number of amides is 1. The molecule has 0 saturated carbocycles. The Balaban J connectivity index is 1.06. The van der Waals surface area contributed by atoms with Gasteiger partial charge in [-0.3, -0.25) is 14.5 Å². The predicted molar refractivity (Wildman–Crippen MR) is 157 cm³/mol. The lowest BCUT2D eigenvalue weighted by Gasteiger charge is -2.38. The van der Waals surface area contributed by atoms with Gasteiger partial charge >= 0.3 is 0 Å². The van der Waals surface area contributed by atoms with Crippen molar-refractivity contribution < 1.29 is 28.9 Å². The number of fused-ring (bicyclic) bond motifs is 1. The van der Waals surface area contributed by atoms with Crippen molar-refractivity contribution in [2.75, 3.05) is 45.9 Å². The maximum Gasteiger partial charge on any atom is 0.246 e. The molecule has 0 bridgehead atoms. The molecule has 0 atom stereocenters. The summed E-state index contributed by atoms with van der Waals surface area (Å²) in [4.78, 5) is 30.1. The first-order valence-corrected chi connectivity index (χ1v) is 14.4. The molecule has 1 amide bonds. The zero-order valence-corrected chi connectivity index (χ0v) is 23.2. The van der Waals surface area contributed by atoms with Crippen LogP contribution in [0.4, 0.5) is 0 Å². The van der Waals surface area contributed by atoms with E-state index in [1.54, 1.807) is 36.4 Å². The van der Waals surface area contributed by atoms with Crippen molar-refractivity contribution in [3.05, 3.63) is 95.4 Å². The summed E-state index contributed by atoms with van der Waals surface area (Å²) in [5.74, 6) is 1.84. The van der Waals surface area contributed by atoms with E-state index in [0.29, 0.717) is 54.8 Å². The highest BCUT2D eigenvalue weighted by Gasteiger charge is 2.28. The van der Waals surface area contributed by atoms with Gasteiger partial charge in [0, 0.05) is 54.4 Å². The molecule has 9 heteroatoms. The number of likely N-dealkylation sites (tertiary alicyclic amines) is 1. The van der Waals surface area contributed by atoms with E-state index in [1.807, 2.05) is 53.4 Å². The number of morpholine rings is 1. The van der Waals surface area contributed by atoms with Crippen LogP contribution < -0.4 is 9.47 Å². The summed E-state index contributed by atoms with van der Waals surface area (Å²) in [6.45, 7) is 4.77. The third kappa shape index (κ3) is 6.27. The third-order valence-corrected chi connectivity index (χ3v) is 8.22. The largest absolute Gasteiger partial charge is 0.508 e. The minimum atomic E-state index is -0.129. The second kappa shape index (κ2) is 12.1. The summed E-state index contributed by atoms with van der Waals surface area (Å²) < 4.78 is 18.4. The predicted octanol–water partition coefficient (Wildman–Crippen LogP) is 5.11.